The molecule has 0 unspecified atom stereocenters. The minimum absolute atomic E-state index is 0.0228. The van der Waals surface area contributed by atoms with Crippen LogP contribution in [0.1, 0.15) is 0 Å². The number of nitrogens with one attached hydrogen (secondary N) is 3. The summed E-state index contributed by atoms with van der Waals surface area (Å²) in [6, 6.07) is 3.03. The number of benzene rings is 1. The number of thioether (sulfide) groups is 1. The Kier molecular flexibility index (Phi) is 5.88. The quantitative estimate of drug-likeness (QED) is 0.642. The van der Waals surface area contributed by atoms with E-state index in [2.05, 4.69) is 15.5 Å². The Morgan fingerprint density at radius 3 is 2.62 bits per heavy atom. The lowest BCUT2D eigenvalue weighted by Crippen LogP contribution is -2.25. The van der Waals surface area contributed by atoms with Gasteiger partial charge in [0.1, 0.15) is 11.5 Å². The van der Waals surface area contributed by atoms with Crippen molar-refractivity contribution in [1.82, 2.24) is 15.2 Å². The molecule has 2 aromatic rings. The Hall–Kier alpha value is -2.46. The zero-order valence-electron chi connectivity index (χ0n) is 12.6. The molecule has 0 bridgehead atoms. The molecule has 0 fully saturated rings. The fraction of sp³-hybridized carbons (Fsp3) is 0.231. The van der Waals surface area contributed by atoms with Gasteiger partial charge < -0.3 is 14.8 Å². The average Bonchev–Trinajstić information content (AvgIpc) is 2.55. The van der Waals surface area contributed by atoms with E-state index < -0.39 is 17.2 Å². The zero-order chi connectivity index (χ0) is 17.7. The number of nitrogens with zero attached hydrogens (tertiary/aromatic N) is 1. The summed E-state index contributed by atoms with van der Waals surface area (Å²) in [5.74, 6) is 0.226. The van der Waals surface area contributed by atoms with E-state index >= 15 is 0 Å². The lowest BCUT2D eigenvalue weighted by atomic mass is 10.2. The summed E-state index contributed by atoms with van der Waals surface area (Å²) < 4.78 is 10.2. The highest BCUT2D eigenvalue weighted by molar-refractivity contribution is 7.99. The first kappa shape index (κ1) is 17.9. The van der Waals surface area contributed by atoms with Crippen LogP contribution >= 0.6 is 23.4 Å². The normalized spacial score (nSPS) is 10.3. The van der Waals surface area contributed by atoms with E-state index in [1.807, 2.05) is 4.98 Å². The molecule has 0 aliphatic carbocycles. The van der Waals surface area contributed by atoms with Gasteiger partial charge in [0.15, 0.2) is 5.03 Å². The minimum atomic E-state index is -0.716. The molecule has 0 aliphatic heterocycles. The molecular weight excluding hydrogens is 360 g/mol. The van der Waals surface area contributed by atoms with Crippen molar-refractivity contribution in [2.75, 3.05) is 25.3 Å². The second-order valence-corrected chi connectivity index (χ2v) is 5.71. The molecule has 0 saturated heterocycles. The molecule has 1 aromatic carbocycles. The van der Waals surface area contributed by atoms with Gasteiger partial charge in [-0.1, -0.05) is 23.4 Å². The highest BCUT2D eigenvalue weighted by atomic mass is 35.5. The summed E-state index contributed by atoms with van der Waals surface area (Å²) in [4.78, 5) is 36.4. The number of carbonyl (C=O) groups is 1. The van der Waals surface area contributed by atoms with E-state index in [0.29, 0.717) is 22.2 Å². The Bertz CT molecular complexity index is 866. The number of carbonyl (C=O) groups excluding carboxylic acids is 1. The number of rotatable bonds is 6. The molecule has 0 radical (unpaired) electrons. The smallest absolute Gasteiger partial charge is 0.342 e. The Balaban J connectivity index is 2.09. The molecule has 1 heterocycles. The third kappa shape index (κ3) is 4.30. The predicted octanol–water partition coefficient (Wildman–Crippen LogP) is 0.860. The summed E-state index contributed by atoms with van der Waals surface area (Å²) in [5.41, 5.74) is -1.01. The van der Waals surface area contributed by atoms with Gasteiger partial charge in [-0.2, -0.15) is 5.10 Å². The lowest BCUT2D eigenvalue weighted by Gasteiger charge is -2.12. The third-order valence-electron chi connectivity index (χ3n) is 2.77. The number of methoxy groups -OCH3 is 2. The van der Waals surface area contributed by atoms with Crippen LogP contribution in [0.15, 0.2) is 26.7 Å². The van der Waals surface area contributed by atoms with Crippen molar-refractivity contribution >= 4 is 35.0 Å². The molecule has 0 spiro atoms. The van der Waals surface area contributed by atoms with Gasteiger partial charge in [0, 0.05) is 12.1 Å². The van der Waals surface area contributed by atoms with Gasteiger partial charge >= 0.3 is 5.69 Å². The van der Waals surface area contributed by atoms with Crippen molar-refractivity contribution in [3.63, 3.8) is 0 Å². The number of anilines is 1. The number of hydrogen-bond donors (Lipinski definition) is 3. The van der Waals surface area contributed by atoms with Crippen LogP contribution in [0.2, 0.25) is 5.02 Å². The van der Waals surface area contributed by atoms with Crippen LogP contribution in [-0.2, 0) is 4.79 Å². The molecule has 0 aliphatic rings. The monoisotopic (exact) mass is 372 g/mol. The molecule has 2 rings (SSSR count). The summed E-state index contributed by atoms with van der Waals surface area (Å²) >= 11 is 6.87. The fourth-order valence-corrected chi connectivity index (χ4v) is 2.58. The second kappa shape index (κ2) is 7.88. The predicted molar refractivity (Wildman–Crippen MR) is 89.4 cm³/mol. The first-order valence-electron chi connectivity index (χ1n) is 6.47. The van der Waals surface area contributed by atoms with E-state index in [0.717, 1.165) is 11.8 Å². The van der Waals surface area contributed by atoms with Gasteiger partial charge in [0.05, 0.1) is 30.7 Å². The topological polar surface area (TPSA) is 126 Å². The van der Waals surface area contributed by atoms with Crippen LogP contribution in [0.3, 0.4) is 0 Å². The van der Waals surface area contributed by atoms with E-state index in [4.69, 9.17) is 21.1 Å². The van der Waals surface area contributed by atoms with Gasteiger partial charge in [-0.15, -0.1) is 0 Å². The van der Waals surface area contributed by atoms with Gasteiger partial charge in [0.25, 0.3) is 5.56 Å². The number of aromatic amines is 2. The zero-order valence-corrected chi connectivity index (χ0v) is 14.2. The van der Waals surface area contributed by atoms with E-state index in [1.165, 1.54) is 26.4 Å². The molecule has 3 N–H and O–H groups in total. The minimum Gasteiger partial charge on any atom is -0.495 e. The SMILES string of the molecule is COc1cc(NC(=O)CSc2n[nH]c(=O)[nH]c2=O)c(OC)cc1Cl. The maximum Gasteiger partial charge on any atom is 0.342 e. The van der Waals surface area contributed by atoms with E-state index in [1.54, 1.807) is 0 Å². The van der Waals surface area contributed by atoms with E-state index in [9.17, 15) is 14.4 Å². The third-order valence-corrected chi connectivity index (χ3v) is 4.02. The number of aromatic nitrogens is 3. The number of hydrogen-bond acceptors (Lipinski definition) is 7. The van der Waals surface area contributed by atoms with Crippen LogP contribution in [0.5, 0.6) is 11.5 Å². The highest BCUT2D eigenvalue weighted by Crippen LogP contribution is 2.35. The van der Waals surface area contributed by atoms with Crippen LogP contribution < -0.4 is 26.0 Å². The van der Waals surface area contributed by atoms with Crippen LogP contribution in [0, 0.1) is 0 Å². The molecule has 9 nitrogen and oxygen atoms in total. The van der Waals surface area contributed by atoms with Crippen molar-refractivity contribution in [3.8, 4) is 11.5 Å². The first-order chi connectivity index (χ1) is 11.4. The van der Waals surface area contributed by atoms with Gasteiger partial charge in [-0.3, -0.25) is 14.6 Å². The van der Waals surface area contributed by atoms with Crippen LogP contribution in [0.25, 0.3) is 0 Å². The van der Waals surface area contributed by atoms with Crippen molar-refractivity contribution in [2.24, 2.45) is 0 Å². The lowest BCUT2D eigenvalue weighted by molar-refractivity contribution is -0.113. The highest BCUT2D eigenvalue weighted by Gasteiger charge is 2.14. The molecule has 24 heavy (non-hydrogen) atoms. The number of amides is 1. The number of halogens is 1. The molecule has 1 aromatic heterocycles. The van der Waals surface area contributed by atoms with Crippen molar-refractivity contribution in [2.45, 2.75) is 5.03 Å². The van der Waals surface area contributed by atoms with Gasteiger partial charge in [-0.05, 0) is 0 Å². The maximum atomic E-state index is 12.0. The molecule has 1 amide bonds. The fourth-order valence-electron chi connectivity index (χ4n) is 1.71. The Morgan fingerprint density at radius 2 is 2.00 bits per heavy atom. The molecule has 128 valence electrons. The summed E-state index contributed by atoms with van der Waals surface area (Å²) in [7, 11) is 2.88. The Morgan fingerprint density at radius 1 is 1.29 bits per heavy atom. The maximum absolute atomic E-state index is 12.0. The number of H-pyrrole nitrogens is 2. The second-order valence-electron chi connectivity index (χ2n) is 4.34. The average molecular weight is 373 g/mol. The standard InChI is InChI=1S/C13H13ClN4O5S/c1-22-8-4-7(9(23-2)3-6(8)14)15-10(19)5-24-12-11(20)16-13(21)18-17-12/h3-4H,5H2,1-2H3,(H,15,19)(H2,16,18,20,21). The summed E-state index contributed by atoms with van der Waals surface area (Å²) in [6.45, 7) is 0. The van der Waals surface area contributed by atoms with Crippen molar-refractivity contribution < 1.29 is 14.3 Å². The number of ether oxygens (including phenoxy) is 2. The van der Waals surface area contributed by atoms with Crippen LogP contribution in [0.4, 0.5) is 5.69 Å². The molecule has 0 saturated carbocycles. The first-order valence-corrected chi connectivity index (χ1v) is 7.84. The Labute approximate surface area is 144 Å². The van der Waals surface area contributed by atoms with Gasteiger partial charge in [0.2, 0.25) is 5.91 Å². The molecule has 11 heteroatoms. The summed E-state index contributed by atoms with van der Waals surface area (Å²) in [6.07, 6.45) is 0. The largest absolute Gasteiger partial charge is 0.495 e. The van der Waals surface area contributed by atoms with Crippen molar-refractivity contribution in [1.29, 1.82) is 0 Å². The summed E-state index contributed by atoms with van der Waals surface area (Å²) in [5, 5.41) is 8.60. The van der Waals surface area contributed by atoms with E-state index in [-0.39, 0.29) is 10.8 Å². The molecule has 0 atom stereocenters. The van der Waals surface area contributed by atoms with Gasteiger partial charge in [-0.25, -0.2) is 9.89 Å². The van der Waals surface area contributed by atoms with Crippen LogP contribution in [-0.4, -0.2) is 41.1 Å². The van der Waals surface area contributed by atoms with Crippen molar-refractivity contribution in [3.05, 3.63) is 38.0 Å². The molecular formula is C13H13ClN4O5S.